The van der Waals surface area contributed by atoms with E-state index in [0.29, 0.717) is 10.6 Å². The number of aromatic nitrogens is 2. The number of para-hydroxylation sites is 1. The van der Waals surface area contributed by atoms with Gasteiger partial charge in [0.05, 0.1) is 17.4 Å². The Morgan fingerprint density at radius 2 is 1.81 bits per heavy atom. The van der Waals surface area contributed by atoms with Crippen molar-refractivity contribution in [2.75, 3.05) is 36.0 Å². The van der Waals surface area contributed by atoms with Crippen molar-refractivity contribution in [1.29, 1.82) is 5.26 Å². The van der Waals surface area contributed by atoms with Crippen molar-refractivity contribution in [3.05, 3.63) is 47.4 Å². The van der Waals surface area contributed by atoms with Gasteiger partial charge in [-0.15, -0.1) is 0 Å². The SMILES string of the molecule is N#Cc1ccccc1N1CCN(c2ncncc2Cl)CC1. The molecule has 6 heteroatoms. The van der Waals surface area contributed by atoms with E-state index in [0.717, 1.165) is 37.7 Å². The first-order valence-electron chi connectivity index (χ1n) is 6.74. The van der Waals surface area contributed by atoms with Crippen LogP contribution in [0.5, 0.6) is 0 Å². The molecule has 2 aromatic rings. The van der Waals surface area contributed by atoms with Gasteiger partial charge in [0.1, 0.15) is 17.4 Å². The lowest BCUT2D eigenvalue weighted by Crippen LogP contribution is -2.47. The summed E-state index contributed by atoms with van der Waals surface area (Å²) in [6.07, 6.45) is 3.12. The molecule has 0 unspecified atom stereocenters. The summed E-state index contributed by atoms with van der Waals surface area (Å²) < 4.78 is 0. The number of hydrogen-bond acceptors (Lipinski definition) is 5. The van der Waals surface area contributed by atoms with Crippen LogP contribution in [0.1, 0.15) is 5.56 Å². The Balaban J connectivity index is 1.74. The first-order chi connectivity index (χ1) is 10.3. The molecule has 106 valence electrons. The lowest BCUT2D eigenvalue weighted by molar-refractivity contribution is 0.646. The van der Waals surface area contributed by atoms with E-state index in [1.54, 1.807) is 6.20 Å². The number of piperazine rings is 1. The van der Waals surface area contributed by atoms with Gasteiger partial charge in [-0.05, 0) is 12.1 Å². The number of rotatable bonds is 2. The van der Waals surface area contributed by atoms with Gasteiger partial charge in [0.2, 0.25) is 0 Å². The average Bonchev–Trinajstić information content (AvgIpc) is 2.55. The predicted molar refractivity (Wildman–Crippen MR) is 82.6 cm³/mol. The van der Waals surface area contributed by atoms with Crippen LogP contribution in [-0.2, 0) is 0 Å². The van der Waals surface area contributed by atoms with Crippen molar-refractivity contribution in [1.82, 2.24) is 9.97 Å². The fourth-order valence-electron chi connectivity index (χ4n) is 2.54. The van der Waals surface area contributed by atoms with Crippen LogP contribution in [0.4, 0.5) is 11.5 Å². The molecule has 1 aliphatic rings. The predicted octanol–water partition coefficient (Wildman–Crippen LogP) is 2.33. The van der Waals surface area contributed by atoms with Gasteiger partial charge >= 0.3 is 0 Å². The first-order valence-corrected chi connectivity index (χ1v) is 7.12. The number of hydrogen-bond donors (Lipinski definition) is 0. The van der Waals surface area contributed by atoms with Crippen LogP contribution < -0.4 is 9.80 Å². The zero-order valence-corrected chi connectivity index (χ0v) is 12.2. The van der Waals surface area contributed by atoms with Crippen LogP contribution in [0, 0.1) is 11.3 Å². The zero-order valence-electron chi connectivity index (χ0n) is 11.4. The molecular weight excluding hydrogens is 286 g/mol. The van der Waals surface area contributed by atoms with Crippen molar-refractivity contribution >= 4 is 23.1 Å². The quantitative estimate of drug-likeness (QED) is 0.852. The highest BCUT2D eigenvalue weighted by molar-refractivity contribution is 6.32. The summed E-state index contributed by atoms with van der Waals surface area (Å²) in [5, 5.41) is 9.77. The van der Waals surface area contributed by atoms with Crippen molar-refractivity contribution in [3.63, 3.8) is 0 Å². The number of benzene rings is 1. The largest absolute Gasteiger partial charge is 0.367 e. The lowest BCUT2D eigenvalue weighted by Gasteiger charge is -2.37. The molecule has 0 atom stereocenters. The van der Waals surface area contributed by atoms with Crippen molar-refractivity contribution in [3.8, 4) is 6.07 Å². The van der Waals surface area contributed by atoms with E-state index in [-0.39, 0.29) is 0 Å². The minimum Gasteiger partial charge on any atom is -0.367 e. The third-order valence-corrected chi connectivity index (χ3v) is 3.86. The Bertz CT molecular complexity index is 674. The van der Waals surface area contributed by atoms with Crippen LogP contribution in [-0.4, -0.2) is 36.1 Å². The molecule has 3 rings (SSSR count). The monoisotopic (exact) mass is 299 g/mol. The summed E-state index contributed by atoms with van der Waals surface area (Å²) in [6, 6.07) is 9.94. The maximum atomic E-state index is 9.19. The molecule has 5 nitrogen and oxygen atoms in total. The smallest absolute Gasteiger partial charge is 0.150 e. The minimum atomic E-state index is 0.573. The molecule has 1 fully saturated rings. The molecule has 0 saturated carbocycles. The van der Waals surface area contributed by atoms with Crippen LogP contribution in [0.3, 0.4) is 0 Å². The topological polar surface area (TPSA) is 56.1 Å². The normalized spacial score (nSPS) is 14.9. The van der Waals surface area contributed by atoms with E-state index in [1.807, 2.05) is 24.3 Å². The number of halogens is 1. The lowest BCUT2D eigenvalue weighted by atomic mass is 10.1. The van der Waals surface area contributed by atoms with Crippen LogP contribution >= 0.6 is 11.6 Å². The summed E-state index contributed by atoms with van der Waals surface area (Å²) in [6.45, 7) is 3.30. The molecule has 21 heavy (non-hydrogen) atoms. The molecule has 1 saturated heterocycles. The zero-order chi connectivity index (χ0) is 14.7. The third-order valence-electron chi connectivity index (χ3n) is 3.59. The van der Waals surface area contributed by atoms with Gasteiger partial charge in [0.25, 0.3) is 0 Å². The van der Waals surface area contributed by atoms with E-state index >= 15 is 0 Å². The Morgan fingerprint density at radius 3 is 2.52 bits per heavy atom. The summed E-state index contributed by atoms with van der Waals surface area (Å²) in [7, 11) is 0. The van der Waals surface area contributed by atoms with Crippen LogP contribution in [0.2, 0.25) is 5.02 Å². The number of nitriles is 1. The molecule has 0 aliphatic carbocycles. The Morgan fingerprint density at radius 1 is 1.10 bits per heavy atom. The Labute approximate surface area is 128 Å². The van der Waals surface area contributed by atoms with Crippen LogP contribution in [0.25, 0.3) is 0 Å². The standard InChI is InChI=1S/C15H14ClN5/c16-13-10-18-11-19-15(13)21-7-5-20(6-8-21)14-4-2-1-3-12(14)9-17/h1-4,10-11H,5-8H2. The van der Waals surface area contributed by atoms with Gasteiger partial charge in [0.15, 0.2) is 5.82 Å². The molecule has 0 amide bonds. The molecule has 2 heterocycles. The van der Waals surface area contributed by atoms with Crippen molar-refractivity contribution in [2.24, 2.45) is 0 Å². The molecule has 1 aromatic carbocycles. The second-order valence-corrected chi connectivity index (χ2v) is 5.20. The van der Waals surface area contributed by atoms with Gasteiger partial charge in [-0.25, -0.2) is 9.97 Å². The Kier molecular flexibility index (Phi) is 3.89. The highest BCUT2D eigenvalue weighted by Gasteiger charge is 2.21. The highest BCUT2D eigenvalue weighted by Crippen LogP contribution is 2.25. The number of nitrogens with zero attached hydrogens (tertiary/aromatic N) is 5. The highest BCUT2D eigenvalue weighted by atomic mass is 35.5. The molecular formula is C15H14ClN5. The van der Waals surface area contributed by atoms with Gasteiger partial charge in [0, 0.05) is 26.2 Å². The molecule has 0 N–H and O–H groups in total. The molecule has 1 aromatic heterocycles. The van der Waals surface area contributed by atoms with Gasteiger partial charge in [-0.1, -0.05) is 23.7 Å². The summed E-state index contributed by atoms with van der Waals surface area (Å²) in [4.78, 5) is 12.5. The van der Waals surface area contributed by atoms with Crippen LogP contribution in [0.15, 0.2) is 36.8 Å². The molecule has 1 aliphatic heterocycles. The fourth-order valence-corrected chi connectivity index (χ4v) is 2.77. The van der Waals surface area contributed by atoms with E-state index in [1.165, 1.54) is 6.33 Å². The second-order valence-electron chi connectivity index (χ2n) is 4.80. The fraction of sp³-hybridized carbons (Fsp3) is 0.267. The summed E-state index contributed by atoms with van der Waals surface area (Å²) >= 11 is 6.14. The molecule has 0 radical (unpaired) electrons. The summed E-state index contributed by atoms with van der Waals surface area (Å²) in [5.41, 5.74) is 1.71. The van der Waals surface area contributed by atoms with E-state index in [2.05, 4.69) is 25.8 Å². The number of anilines is 2. The maximum absolute atomic E-state index is 9.19. The van der Waals surface area contributed by atoms with E-state index in [4.69, 9.17) is 11.6 Å². The average molecular weight is 300 g/mol. The van der Waals surface area contributed by atoms with Crippen molar-refractivity contribution in [2.45, 2.75) is 0 Å². The van der Waals surface area contributed by atoms with Gasteiger partial charge in [-0.2, -0.15) is 5.26 Å². The molecule has 0 spiro atoms. The summed E-state index contributed by atoms with van der Waals surface area (Å²) in [5.74, 6) is 0.778. The van der Waals surface area contributed by atoms with Gasteiger partial charge in [-0.3, -0.25) is 0 Å². The third kappa shape index (κ3) is 2.76. The van der Waals surface area contributed by atoms with E-state index in [9.17, 15) is 5.26 Å². The van der Waals surface area contributed by atoms with E-state index < -0.39 is 0 Å². The second kappa shape index (κ2) is 5.98. The first kappa shape index (κ1) is 13.7. The maximum Gasteiger partial charge on any atom is 0.150 e. The Hall–Kier alpha value is -2.32. The van der Waals surface area contributed by atoms with Gasteiger partial charge < -0.3 is 9.80 Å². The minimum absolute atomic E-state index is 0.573. The molecule has 0 bridgehead atoms. The van der Waals surface area contributed by atoms with Crippen molar-refractivity contribution < 1.29 is 0 Å².